The van der Waals surface area contributed by atoms with Crippen LogP contribution >= 0.6 is 0 Å². The number of fused-ring (bicyclic) bond motifs is 3. The van der Waals surface area contributed by atoms with Gasteiger partial charge in [-0.25, -0.2) is 0 Å². The molecule has 0 aliphatic carbocycles. The van der Waals surface area contributed by atoms with Gasteiger partial charge >= 0.3 is 167 Å². The van der Waals surface area contributed by atoms with Crippen LogP contribution in [0.5, 0.6) is 0 Å². The molecule has 4 rings (SSSR count). The Labute approximate surface area is 167 Å². The van der Waals surface area contributed by atoms with Crippen molar-refractivity contribution in [3.8, 4) is 11.3 Å². The van der Waals surface area contributed by atoms with Crippen LogP contribution in [-0.2, 0) is 6.42 Å². The van der Waals surface area contributed by atoms with Crippen LogP contribution in [0.15, 0.2) is 36.4 Å². The van der Waals surface area contributed by atoms with E-state index in [-0.39, 0.29) is 14.5 Å². The maximum absolute atomic E-state index is 4.63. The van der Waals surface area contributed by atoms with E-state index in [2.05, 4.69) is 88.1 Å². The molecule has 27 heavy (non-hydrogen) atoms. The Balaban J connectivity index is 1.97. The van der Waals surface area contributed by atoms with E-state index in [1.54, 1.807) is 0 Å². The van der Waals surface area contributed by atoms with Gasteiger partial charge in [-0.05, 0) is 0 Å². The van der Waals surface area contributed by atoms with Gasteiger partial charge in [0.15, 0.2) is 0 Å². The van der Waals surface area contributed by atoms with Crippen LogP contribution in [0, 0.1) is 26.2 Å². The molecule has 0 atom stereocenters. The predicted octanol–water partition coefficient (Wildman–Crippen LogP) is 6.02. The van der Waals surface area contributed by atoms with Crippen molar-refractivity contribution in [1.29, 1.82) is 0 Å². The molecule has 138 valence electrons. The molecule has 0 saturated carbocycles. The normalized spacial score (nSPS) is 12.2. The zero-order chi connectivity index (χ0) is 19.3. The van der Waals surface area contributed by atoms with Crippen LogP contribution < -0.4 is 0 Å². The summed E-state index contributed by atoms with van der Waals surface area (Å²) in [5.74, 6) is 0. The second-order valence-electron chi connectivity index (χ2n) is 8.88. The third-order valence-corrected chi connectivity index (χ3v) is 7.29. The fourth-order valence-corrected chi connectivity index (χ4v) is 6.69. The van der Waals surface area contributed by atoms with Gasteiger partial charge in [0, 0.05) is 0 Å². The molecule has 0 radical (unpaired) electrons. The summed E-state index contributed by atoms with van der Waals surface area (Å²) >= 11 is 0.270. The molecule has 0 unspecified atom stereocenters. The standard InChI is InChI=1S/C24H26N2Se/c1-14-9-15(2)11-18(10-14)22-23-21(16(3)25-26-22)19-8-7-17(12-20(19)27-23)13-24(4,5)6/h7-12H,13H2,1-6H3. The van der Waals surface area contributed by atoms with Crippen molar-refractivity contribution in [2.24, 2.45) is 5.41 Å². The van der Waals surface area contributed by atoms with Gasteiger partial charge in [0.05, 0.1) is 0 Å². The molecule has 0 aliphatic heterocycles. The Morgan fingerprint density at radius 3 is 2.26 bits per heavy atom. The first kappa shape index (κ1) is 18.4. The minimum atomic E-state index is 0.270. The first-order valence-electron chi connectivity index (χ1n) is 9.48. The Bertz CT molecular complexity index is 1140. The third kappa shape index (κ3) is 3.59. The van der Waals surface area contributed by atoms with Crippen molar-refractivity contribution in [2.75, 3.05) is 0 Å². The minimum absolute atomic E-state index is 0.270. The molecular weight excluding hydrogens is 395 g/mol. The average Bonchev–Trinajstić information content (AvgIpc) is 2.91. The van der Waals surface area contributed by atoms with Crippen molar-refractivity contribution in [3.63, 3.8) is 0 Å². The van der Waals surface area contributed by atoms with Gasteiger partial charge in [-0.2, -0.15) is 0 Å². The van der Waals surface area contributed by atoms with E-state index in [0.29, 0.717) is 5.41 Å². The fourth-order valence-electron chi connectivity index (χ4n) is 3.91. The second kappa shape index (κ2) is 6.58. The number of hydrogen-bond donors (Lipinski definition) is 0. The Morgan fingerprint density at radius 1 is 0.889 bits per heavy atom. The van der Waals surface area contributed by atoms with Crippen LogP contribution in [0.4, 0.5) is 0 Å². The van der Waals surface area contributed by atoms with Gasteiger partial charge in [-0.1, -0.05) is 0 Å². The molecule has 0 amide bonds. The first-order chi connectivity index (χ1) is 12.7. The van der Waals surface area contributed by atoms with Crippen molar-refractivity contribution in [1.82, 2.24) is 10.2 Å². The molecule has 2 nitrogen and oxygen atoms in total. The predicted molar refractivity (Wildman–Crippen MR) is 117 cm³/mol. The molecule has 0 bridgehead atoms. The monoisotopic (exact) mass is 422 g/mol. The number of aryl methyl sites for hydroxylation is 3. The van der Waals surface area contributed by atoms with E-state index in [0.717, 1.165) is 17.8 Å². The molecule has 2 aromatic carbocycles. The summed E-state index contributed by atoms with van der Waals surface area (Å²) < 4.78 is 2.87. The van der Waals surface area contributed by atoms with E-state index < -0.39 is 0 Å². The molecule has 2 aromatic heterocycles. The molecule has 4 aromatic rings. The first-order valence-corrected chi connectivity index (χ1v) is 11.2. The molecule has 0 aliphatic rings. The fraction of sp³-hybridized carbons (Fsp3) is 0.333. The molecule has 2 heterocycles. The third-order valence-electron chi connectivity index (χ3n) is 4.86. The Kier molecular flexibility index (Phi) is 4.48. The van der Waals surface area contributed by atoms with Crippen LogP contribution in [0.2, 0.25) is 0 Å². The molecule has 0 spiro atoms. The van der Waals surface area contributed by atoms with Gasteiger partial charge in [-0.15, -0.1) is 0 Å². The van der Waals surface area contributed by atoms with Gasteiger partial charge in [0.2, 0.25) is 0 Å². The molecule has 0 fully saturated rings. The van der Waals surface area contributed by atoms with E-state index >= 15 is 0 Å². The molecule has 3 heteroatoms. The molecule has 0 N–H and O–H groups in total. The number of rotatable bonds is 2. The second-order valence-corrected chi connectivity index (χ2v) is 11.1. The zero-order valence-electron chi connectivity index (χ0n) is 17.0. The van der Waals surface area contributed by atoms with Crippen molar-refractivity contribution in [3.05, 3.63) is 58.8 Å². The summed E-state index contributed by atoms with van der Waals surface area (Å²) in [7, 11) is 0. The van der Waals surface area contributed by atoms with Crippen molar-refractivity contribution in [2.45, 2.75) is 48.0 Å². The quantitative estimate of drug-likeness (QED) is 0.370. The Hall–Kier alpha value is -1.96. The summed E-state index contributed by atoms with van der Waals surface area (Å²) in [4.78, 5) is 0. The summed E-state index contributed by atoms with van der Waals surface area (Å²) in [6, 6.07) is 13.7. The molecule has 0 saturated heterocycles. The van der Waals surface area contributed by atoms with E-state index in [9.17, 15) is 0 Å². The topological polar surface area (TPSA) is 25.8 Å². The number of hydrogen-bond acceptors (Lipinski definition) is 2. The number of aromatic nitrogens is 2. The van der Waals surface area contributed by atoms with E-state index in [4.69, 9.17) is 0 Å². The van der Waals surface area contributed by atoms with Crippen LogP contribution in [0.25, 0.3) is 30.6 Å². The zero-order valence-corrected chi connectivity index (χ0v) is 18.7. The van der Waals surface area contributed by atoms with Crippen LogP contribution in [0.3, 0.4) is 0 Å². The number of benzene rings is 2. The summed E-state index contributed by atoms with van der Waals surface area (Å²) in [6.07, 6.45) is 1.10. The maximum atomic E-state index is 4.63. The van der Waals surface area contributed by atoms with Gasteiger partial charge in [0.1, 0.15) is 0 Å². The molecular formula is C24H26N2Se. The van der Waals surface area contributed by atoms with E-state index in [1.165, 1.54) is 41.5 Å². The van der Waals surface area contributed by atoms with Gasteiger partial charge < -0.3 is 0 Å². The number of nitrogens with zero attached hydrogens (tertiary/aromatic N) is 2. The SMILES string of the molecule is Cc1cc(C)cc(-c2nnc(C)c3c2[se]c2cc(CC(C)(C)C)ccc23)c1. The summed E-state index contributed by atoms with van der Waals surface area (Å²) in [6.45, 7) is 13.3. The summed E-state index contributed by atoms with van der Waals surface area (Å²) in [5, 5.41) is 11.8. The van der Waals surface area contributed by atoms with E-state index in [1.807, 2.05) is 0 Å². The van der Waals surface area contributed by atoms with Gasteiger partial charge in [0.25, 0.3) is 0 Å². The van der Waals surface area contributed by atoms with Crippen molar-refractivity contribution >= 4 is 33.8 Å². The van der Waals surface area contributed by atoms with Crippen molar-refractivity contribution < 1.29 is 0 Å². The summed E-state index contributed by atoms with van der Waals surface area (Å²) in [5.41, 5.74) is 7.59. The Morgan fingerprint density at radius 2 is 1.59 bits per heavy atom. The average molecular weight is 421 g/mol. The van der Waals surface area contributed by atoms with Gasteiger partial charge in [-0.3, -0.25) is 0 Å². The van der Waals surface area contributed by atoms with Crippen LogP contribution in [0.1, 0.15) is 43.2 Å². The van der Waals surface area contributed by atoms with Crippen LogP contribution in [-0.4, -0.2) is 24.7 Å².